The summed E-state index contributed by atoms with van der Waals surface area (Å²) >= 11 is 0. The van der Waals surface area contributed by atoms with E-state index in [4.69, 9.17) is 0 Å². The van der Waals surface area contributed by atoms with Gasteiger partial charge in [-0.3, -0.25) is 0 Å². The molecule has 0 saturated carbocycles. The van der Waals surface area contributed by atoms with Crippen molar-refractivity contribution in [3.8, 4) is 40.3 Å². The molecule has 0 spiro atoms. The molecule has 5 nitrogen and oxygen atoms in total. The molecule has 0 saturated heterocycles. The summed E-state index contributed by atoms with van der Waals surface area (Å²) in [5, 5.41) is 27.1. The Balaban J connectivity index is 1.22. The number of hydrogen-bond donors (Lipinski definition) is 0. The van der Waals surface area contributed by atoms with Crippen molar-refractivity contribution in [1.29, 1.82) is 10.5 Å². The van der Waals surface area contributed by atoms with Crippen LogP contribution >= 0.6 is 0 Å². The normalized spacial score (nSPS) is 11.6. The summed E-state index contributed by atoms with van der Waals surface area (Å²) in [5.41, 5.74) is 12.6. The Kier molecular flexibility index (Phi) is 6.61. The van der Waals surface area contributed by atoms with E-state index >= 15 is 0 Å². The van der Waals surface area contributed by atoms with E-state index in [1.54, 1.807) is 0 Å². The molecule has 0 aliphatic carbocycles. The highest BCUT2D eigenvalue weighted by molar-refractivity contribution is 6.16. The van der Waals surface area contributed by atoms with Gasteiger partial charge in [0.15, 0.2) is 0 Å². The van der Waals surface area contributed by atoms with Gasteiger partial charge in [0.1, 0.15) is 0 Å². The highest BCUT2D eigenvalue weighted by Gasteiger charge is 2.22. The van der Waals surface area contributed by atoms with Gasteiger partial charge in [-0.1, -0.05) is 109 Å². The smallest absolute Gasteiger partial charge is 0.0998 e. The number of benzene rings is 8. The maximum Gasteiger partial charge on any atom is 0.0998 e. The highest BCUT2D eigenvalue weighted by atomic mass is 15.1. The van der Waals surface area contributed by atoms with E-state index in [1.165, 1.54) is 10.8 Å². The molecular weight excluding hydrogens is 671 g/mol. The zero-order valence-electron chi connectivity index (χ0n) is 29.5. The van der Waals surface area contributed by atoms with E-state index in [1.807, 2.05) is 36.4 Å². The molecule has 55 heavy (non-hydrogen) atoms. The average molecular weight is 700 g/mol. The van der Waals surface area contributed by atoms with Crippen molar-refractivity contribution in [2.45, 2.75) is 0 Å². The Labute approximate surface area is 316 Å². The predicted molar refractivity (Wildman–Crippen MR) is 224 cm³/mol. The first kappa shape index (κ1) is 30.7. The standard InChI is InChI=1S/C50H29N5/c51-30-32-26-27-36(33-12-9-14-35(29-33)53-45-23-8-4-18-41(45)49-34(31-52)13-10-24-46(49)53)48(28-32)55-44-22-7-3-17-39(44)40-19-11-25-47(50(40)55)54-42-20-5-1-15-37(42)38-16-2-6-21-43(38)54/h1-29H. The second-order valence-electron chi connectivity index (χ2n) is 14.0. The van der Waals surface area contributed by atoms with Crippen molar-refractivity contribution in [1.82, 2.24) is 13.7 Å². The monoisotopic (exact) mass is 699 g/mol. The van der Waals surface area contributed by atoms with Crippen LogP contribution in [-0.4, -0.2) is 13.7 Å². The van der Waals surface area contributed by atoms with Crippen LogP contribution in [0.2, 0.25) is 0 Å². The van der Waals surface area contributed by atoms with Gasteiger partial charge in [0.05, 0.1) is 67.7 Å². The molecule has 0 unspecified atom stereocenters. The van der Waals surface area contributed by atoms with Crippen LogP contribution in [0.1, 0.15) is 11.1 Å². The van der Waals surface area contributed by atoms with Crippen molar-refractivity contribution in [2.75, 3.05) is 0 Å². The Morgan fingerprint density at radius 3 is 1.64 bits per heavy atom. The van der Waals surface area contributed by atoms with Crippen LogP contribution in [0.4, 0.5) is 0 Å². The highest BCUT2D eigenvalue weighted by Crippen LogP contribution is 2.42. The van der Waals surface area contributed by atoms with Gasteiger partial charge in [-0.05, 0) is 72.3 Å². The van der Waals surface area contributed by atoms with Gasteiger partial charge < -0.3 is 13.7 Å². The Morgan fingerprint density at radius 1 is 0.382 bits per heavy atom. The molecule has 0 N–H and O–H groups in total. The molecule has 0 aliphatic rings. The maximum absolute atomic E-state index is 10.3. The van der Waals surface area contributed by atoms with Gasteiger partial charge in [-0.25, -0.2) is 0 Å². The zero-order valence-corrected chi connectivity index (χ0v) is 29.5. The minimum atomic E-state index is 0.585. The van der Waals surface area contributed by atoms with Gasteiger partial charge in [0.2, 0.25) is 0 Å². The minimum Gasteiger partial charge on any atom is -0.309 e. The molecule has 0 aliphatic heterocycles. The third kappa shape index (κ3) is 4.39. The first-order valence-electron chi connectivity index (χ1n) is 18.3. The van der Waals surface area contributed by atoms with E-state index in [0.29, 0.717) is 11.1 Å². The summed E-state index contributed by atoms with van der Waals surface area (Å²) in [4.78, 5) is 0. The minimum absolute atomic E-state index is 0.585. The molecule has 0 radical (unpaired) electrons. The topological polar surface area (TPSA) is 62.4 Å². The summed E-state index contributed by atoms with van der Waals surface area (Å²) in [6, 6.07) is 66.0. The third-order valence-electron chi connectivity index (χ3n) is 11.1. The number of nitriles is 2. The molecular formula is C50H29N5. The molecule has 0 amide bonds. The number of aromatic nitrogens is 3. The van der Waals surface area contributed by atoms with Crippen molar-refractivity contribution in [2.24, 2.45) is 0 Å². The second kappa shape index (κ2) is 11.8. The van der Waals surface area contributed by atoms with Crippen molar-refractivity contribution < 1.29 is 0 Å². The van der Waals surface area contributed by atoms with Crippen LogP contribution in [0, 0.1) is 22.7 Å². The molecule has 11 aromatic rings. The zero-order chi connectivity index (χ0) is 36.6. The van der Waals surface area contributed by atoms with Gasteiger partial charge in [0.25, 0.3) is 0 Å². The lowest BCUT2D eigenvalue weighted by Gasteiger charge is -2.18. The van der Waals surface area contributed by atoms with Gasteiger partial charge >= 0.3 is 0 Å². The molecule has 3 aromatic heterocycles. The fraction of sp³-hybridized carbons (Fsp3) is 0. The van der Waals surface area contributed by atoms with Gasteiger partial charge in [-0.15, -0.1) is 0 Å². The lowest BCUT2D eigenvalue weighted by Crippen LogP contribution is -2.03. The first-order chi connectivity index (χ1) is 27.2. The SMILES string of the molecule is N#Cc1ccc(-c2cccc(-n3c4ccccc4c4c(C#N)cccc43)c2)c(-n2c3ccccc3c3cccc(-n4c5ccccc5c5ccccc54)c32)c1. The van der Waals surface area contributed by atoms with Crippen LogP contribution in [-0.2, 0) is 0 Å². The molecule has 0 atom stereocenters. The average Bonchev–Trinajstić information content (AvgIpc) is 3.89. The van der Waals surface area contributed by atoms with Crippen LogP contribution < -0.4 is 0 Å². The third-order valence-corrected chi connectivity index (χ3v) is 11.1. The molecule has 0 fully saturated rings. The number of para-hydroxylation sites is 5. The van der Waals surface area contributed by atoms with Crippen LogP contribution in [0.15, 0.2) is 176 Å². The summed E-state index contributed by atoms with van der Waals surface area (Å²) in [6.07, 6.45) is 0. The fourth-order valence-electron chi connectivity index (χ4n) is 8.85. The first-order valence-corrected chi connectivity index (χ1v) is 18.3. The van der Waals surface area contributed by atoms with Crippen molar-refractivity contribution in [3.05, 3.63) is 187 Å². The summed E-state index contributed by atoms with van der Waals surface area (Å²) < 4.78 is 6.99. The predicted octanol–water partition coefficient (Wildman–Crippen LogP) is 12.4. The largest absolute Gasteiger partial charge is 0.309 e. The lowest BCUT2D eigenvalue weighted by molar-refractivity contribution is 1.13. The van der Waals surface area contributed by atoms with Crippen molar-refractivity contribution >= 4 is 65.4 Å². The van der Waals surface area contributed by atoms with E-state index in [2.05, 4.69) is 165 Å². The van der Waals surface area contributed by atoms with Gasteiger partial charge in [-0.2, -0.15) is 10.5 Å². The van der Waals surface area contributed by atoms with E-state index in [-0.39, 0.29) is 0 Å². The Hall–Kier alpha value is -7.86. The number of hydrogen-bond acceptors (Lipinski definition) is 2. The molecule has 3 heterocycles. The second-order valence-corrected chi connectivity index (χ2v) is 14.0. The molecule has 0 bridgehead atoms. The fourth-order valence-corrected chi connectivity index (χ4v) is 8.85. The van der Waals surface area contributed by atoms with Gasteiger partial charge in [0, 0.05) is 43.6 Å². The summed E-state index contributed by atoms with van der Waals surface area (Å²) in [7, 11) is 0. The van der Waals surface area contributed by atoms with Crippen LogP contribution in [0.3, 0.4) is 0 Å². The Morgan fingerprint density at radius 2 is 0.945 bits per heavy atom. The summed E-state index contributed by atoms with van der Waals surface area (Å²) in [6.45, 7) is 0. The maximum atomic E-state index is 10.3. The quantitative estimate of drug-likeness (QED) is 0.184. The van der Waals surface area contributed by atoms with E-state index < -0.39 is 0 Å². The number of rotatable bonds is 4. The van der Waals surface area contributed by atoms with Crippen molar-refractivity contribution in [3.63, 3.8) is 0 Å². The molecule has 11 rings (SSSR count). The van der Waals surface area contributed by atoms with Crippen LogP contribution in [0.5, 0.6) is 0 Å². The molecule has 254 valence electrons. The van der Waals surface area contributed by atoms with E-state index in [9.17, 15) is 10.5 Å². The molecule has 5 heteroatoms. The number of nitrogens with zero attached hydrogens (tertiary/aromatic N) is 5. The number of fused-ring (bicyclic) bond motifs is 9. The van der Waals surface area contributed by atoms with E-state index in [0.717, 1.165) is 82.8 Å². The lowest BCUT2D eigenvalue weighted by atomic mass is 10.0. The molecule has 8 aromatic carbocycles. The van der Waals surface area contributed by atoms with Crippen LogP contribution in [0.25, 0.3) is 93.6 Å². The Bertz CT molecular complexity index is 3420. The summed E-state index contributed by atoms with van der Waals surface area (Å²) in [5.74, 6) is 0.